The Morgan fingerprint density at radius 3 is 2.25 bits per heavy atom. The standard InChI is InChI=1S/C23H27N/c1-15(2)18-8-7-17-9-10-21(24-22(17)14-18)19-11-16(3)12-20(13-19)23(4,5)6/h7-15H,1-6H3. The van der Waals surface area contributed by atoms with Gasteiger partial charge < -0.3 is 0 Å². The van der Waals surface area contributed by atoms with Crippen molar-refractivity contribution >= 4 is 10.9 Å². The predicted molar refractivity (Wildman–Crippen MR) is 105 cm³/mol. The van der Waals surface area contributed by atoms with Crippen molar-refractivity contribution in [1.29, 1.82) is 0 Å². The summed E-state index contributed by atoms with van der Waals surface area (Å²) < 4.78 is 0. The Morgan fingerprint density at radius 1 is 0.875 bits per heavy atom. The summed E-state index contributed by atoms with van der Waals surface area (Å²) in [6.45, 7) is 13.4. The third-order valence-corrected chi connectivity index (χ3v) is 4.62. The molecule has 1 heteroatoms. The van der Waals surface area contributed by atoms with Crippen LogP contribution in [0.1, 0.15) is 57.2 Å². The molecule has 0 amide bonds. The highest BCUT2D eigenvalue weighted by Crippen LogP contribution is 2.30. The molecule has 1 nitrogen and oxygen atoms in total. The third kappa shape index (κ3) is 3.36. The van der Waals surface area contributed by atoms with E-state index in [0.29, 0.717) is 5.92 Å². The summed E-state index contributed by atoms with van der Waals surface area (Å²) >= 11 is 0. The van der Waals surface area contributed by atoms with Gasteiger partial charge in [-0.2, -0.15) is 0 Å². The van der Waals surface area contributed by atoms with Gasteiger partial charge in [0.25, 0.3) is 0 Å². The molecule has 0 unspecified atom stereocenters. The Morgan fingerprint density at radius 2 is 1.58 bits per heavy atom. The zero-order valence-electron chi connectivity index (χ0n) is 15.6. The molecule has 0 aliphatic heterocycles. The second-order valence-electron chi connectivity index (χ2n) is 8.14. The van der Waals surface area contributed by atoms with Gasteiger partial charge in [-0.25, -0.2) is 4.98 Å². The molecule has 0 aliphatic rings. The zero-order valence-corrected chi connectivity index (χ0v) is 15.6. The molecule has 0 saturated carbocycles. The topological polar surface area (TPSA) is 12.9 Å². The maximum Gasteiger partial charge on any atom is 0.0712 e. The van der Waals surface area contributed by atoms with Crippen LogP contribution in [-0.2, 0) is 5.41 Å². The molecule has 0 spiro atoms. The first-order chi connectivity index (χ1) is 11.2. The lowest BCUT2D eigenvalue weighted by Gasteiger charge is -2.21. The number of hydrogen-bond acceptors (Lipinski definition) is 1. The predicted octanol–water partition coefficient (Wildman–Crippen LogP) is 6.63. The highest BCUT2D eigenvalue weighted by atomic mass is 14.7. The maximum absolute atomic E-state index is 4.95. The van der Waals surface area contributed by atoms with E-state index < -0.39 is 0 Å². The number of aromatic nitrogens is 1. The van der Waals surface area contributed by atoms with Crippen molar-refractivity contribution in [3.8, 4) is 11.3 Å². The first-order valence-electron chi connectivity index (χ1n) is 8.77. The van der Waals surface area contributed by atoms with Crippen molar-refractivity contribution in [1.82, 2.24) is 4.98 Å². The summed E-state index contributed by atoms with van der Waals surface area (Å²) in [6, 6.07) is 17.7. The molecule has 0 fully saturated rings. The number of rotatable bonds is 2. The van der Waals surface area contributed by atoms with Crippen molar-refractivity contribution in [2.24, 2.45) is 0 Å². The Labute approximate surface area is 145 Å². The van der Waals surface area contributed by atoms with Gasteiger partial charge >= 0.3 is 0 Å². The molecule has 124 valence electrons. The van der Waals surface area contributed by atoms with E-state index in [9.17, 15) is 0 Å². The van der Waals surface area contributed by atoms with Crippen LogP contribution in [0, 0.1) is 6.92 Å². The lowest BCUT2D eigenvalue weighted by atomic mass is 9.85. The van der Waals surface area contributed by atoms with E-state index in [2.05, 4.69) is 90.1 Å². The molecule has 1 aromatic heterocycles. The molecule has 0 radical (unpaired) electrons. The molecular formula is C23H27N. The smallest absolute Gasteiger partial charge is 0.0712 e. The molecular weight excluding hydrogens is 290 g/mol. The largest absolute Gasteiger partial charge is 0.248 e. The normalized spacial score (nSPS) is 12.1. The van der Waals surface area contributed by atoms with Crippen LogP contribution in [0.25, 0.3) is 22.2 Å². The minimum absolute atomic E-state index is 0.141. The quantitative estimate of drug-likeness (QED) is 0.517. The van der Waals surface area contributed by atoms with Crippen LogP contribution in [0.4, 0.5) is 0 Å². The van der Waals surface area contributed by atoms with Gasteiger partial charge in [0.05, 0.1) is 11.2 Å². The van der Waals surface area contributed by atoms with E-state index in [1.54, 1.807) is 0 Å². The van der Waals surface area contributed by atoms with Crippen molar-refractivity contribution < 1.29 is 0 Å². The number of nitrogens with zero attached hydrogens (tertiary/aromatic N) is 1. The average Bonchev–Trinajstić information content (AvgIpc) is 2.52. The van der Waals surface area contributed by atoms with E-state index >= 15 is 0 Å². The molecule has 3 rings (SSSR count). The van der Waals surface area contributed by atoms with Gasteiger partial charge in [0.2, 0.25) is 0 Å². The van der Waals surface area contributed by atoms with Crippen molar-refractivity contribution in [2.45, 2.75) is 52.9 Å². The Hall–Kier alpha value is -2.15. The lowest BCUT2D eigenvalue weighted by Crippen LogP contribution is -2.11. The number of aryl methyl sites for hydroxylation is 1. The number of hydrogen-bond donors (Lipinski definition) is 0. The summed E-state index contributed by atoms with van der Waals surface area (Å²) in [5.41, 5.74) is 7.46. The van der Waals surface area contributed by atoms with Gasteiger partial charge in [0, 0.05) is 10.9 Å². The summed E-state index contributed by atoms with van der Waals surface area (Å²) in [5, 5.41) is 1.20. The van der Waals surface area contributed by atoms with Gasteiger partial charge in [-0.05, 0) is 53.6 Å². The minimum Gasteiger partial charge on any atom is -0.248 e. The fourth-order valence-corrected chi connectivity index (χ4v) is 3.02. The van der Waals surface area contributed by atoms with Gasteiger partial charge in [0.15, 0.2) is 0 Å². The first-order valence-corrected chi connectivity index (χ1v) is 8.77. The second-order valence-corrected chi connectivity index (χ2v) is 8.14. The molecule has 0 saturated heterocycles. The van der Waals surface area contributed by atoms with Gasteiger partial charge in [-0.1, -0.05) is 64.4 Å². The van der Waals surface area contributed by atoms with Gasteiger partial charge in [-0.3, -0.25) is 0 Å². The molecule has 0 aliphatic carbocycles. The van der Waals surface area contributed by atoms with Crippen molar-refractivity contribution in [3.63, 3.8) is 0 Å². The zero-order chi connectivity index (χ0) is 17.5. The monoisotopic (exact) mass is 317 g/mol. The van der Waals surface area contributed by atoms with Crippen molar-refractivity contribution in [2.75, 3.05) is 0 Å². The van der Waals surface area contributed by atoms with Crippen LogP contribution >= 0.6 is 0 Å². The van der Waals surface area contributed by atoms with Crippen LogP contribution in [0.2, 0.25) is 0 Å². The Kier molecular flexibility index (Phi) is 4.21. The highest BCUT2D eigenvalue weighted by Gasteiger charge is 2.15. The molecule has 0 bridgehead atoms. The summed E-state index contributed by atoms with van der Waals surface area (Å²) in [4.78, 5) is 4.95. The van der Waals surface area contributed by atoms with E-state index in [1.165, 1.54) is 27.6 Å². The third-order valence-electron chi connectivity index (χ3n) is 4.62. The Bertz CT molecular complexity index is 882. The van der Waals surface area contributed by atoms with Crippen molar-refractivity contribution in [3.05, 3.63) is 65.2 Å². The fourth-order valence-electron chi connectivity index (χ4n) is 3.02. The highest BCUT2D eigenvalue weighted by molar-refractivity contribution is 5.82. The van der Waals surface area contributed by atoms with E-state index in [0.717, 1.165) is 11.2 Å². The molecule has 24 heavy (non-hydrogen) atoms. The molecule has 0 atom stereocenters. The van der Waals surface area contributed by atoms with Crippen LogP contribution in [-0.4, -0.2) is 4.98 Å². The van der Waals surface area contributed by atoms with Gasteiger partial charge in [0.1, 0.15) is 0 Å². The Balaban J connectivity index is 2.14. The molecule has 2 aromatic carbocycles. The number of fused-ring (bicyclic) bond motifs is 1. The van der Waals surface area contributed by atoms with E-state index in [-0.39, 0.29) is 5.41 Å². The summed E-state index contributed by atoms with van der Waals surface area (Å²) in [7, 11) is 0. The molecule has 0 N–H and O–H groups in total. The average molecular weight is 317 g/mol. The summed E-state index contributed by atoms with van der Waals surface area (Å²) in [6.07, 6.45) is 0. The van der Waals surface area contributed by atoms with Crippen LogP contribution < -0.4 is 0 Å². The lowest BCUT2D eigenvalue weighted by molar-refractivity contribution is 0.590. The first kappa shape index (κ1) is 16.7. The SMILES string of the molecule is Cc1cc(-c2ccc3ccc(C(C)C)cc3n2)cc(C(C)(C)C)c1. The minimum atomic E-state index is 0.141. The van der Waals surface area contributed by atoms with E-state index in [1.807, 2.05) is 0 Å². The molecule has 1 heterocycles. The fraction of sp³-hybridized carbons (Fsp3) is 0.348. The summed E-state index contributed by atoms with van der Waals surface area (Å²) in [5.74, 6) is 0.520. The number of pyridine rings is 1. The number of benzene rings is 2. The second kappa shape index (κ2) is 6.05. The van der Waals surface area contributed by atoms with Crippen LogP contribution in [0.3, 0.4) is 0 Å². The van der Waals surface area contributed by atoms with Gasteiger partial charge in [-0.15, -0.1) is 0 Å². The van der Waals surface area contributed by atoms with Crippen LogP contribution in [0.5, 0.6) is 0 Å². The van der Waals surface area contributed by atoms with E-state index in [4.69, 9.17) is 4.98 Å². The maximum atomic E-state index is 4.95. The molecule has 3 aromatic rings. The van der Waals surface area contributed by atoms with Crippen LogP contribution in [0.15, 0.2) is 48.5 Å².